The van der Waals surface area contributed by atoms with Crippen LogP contribution >= 0.6 is 0 Å². The van der Waals surface area contributed by atoms with Crippen molar-refractivity contribution in [3.05, 3.63) is 71.8 Å². The first-order chi connectivity index (χ1) is 19.5. The summed E-state index contributed by atoms with van der Waals surface area (Å²) in [6, 6.07) is 15.6. The number of nitrogens with zero attached hydrogens (tertiary/aromatic N) is 1. The van der Waals surface area contributed by atoms with Gasteiger partial charge in [0.15, 0.2) is 0 Å². The number of aliphatic imine (C=N–C) groups is 1. The molecule has 0 radical (unpaired) electrons. The van der Waals surface area contributed by atoms with Crippen LogP contribution in [-0.4, -0.2) is 59.5 Å². The van der Waals surface area contributed by atoms with Crippen molar-refractivity contribution < 1.29 is 29.1 Å². The highest BCUT2D eigenvalue weighted by atomic mass is 16.4. The molecule has 0 aliphatic heterocycles. The number of carbonyl (C=O) groups excluding carboxylic acids is 4. The number of carboxylic acid groups (broad SMARTS) is 1. The van der Waals surface area contributed by atoms with Gasteiger partial charge in [-0.15, -0.1) is 0 Å². The lowest BCUT2D eigenvalue weighted by molar-refractivity contribution is -0.138. The van der Waals surface area contributed by atoms with Gasteiger partial charge in [0.25, 0.3) is 0 Å². The van der Waals surface area contributed by atoms with Gasteiger partial charge in [-0.3, -0.25) is 29.0 Å². The molecule has 0 aliphatic rings. The van der Waals surface area contributed by atoms with E-state index in [4.69, 9.17) is 16.6 Å². The molecule has 0 aliphatic carbocycles. The van der Waals surface area contributed by atoms with E-state index >= 15 is 0 Å². The number of carbonyl (C=O) groups is 5. The fourth-order valence-corrected chi connectivity index (χ4v) is 4.00. The van der Waals surface area contributed by atoms with Crippen molar-refractivity contribution in [2.75, 3.05) is 7.05 Å². The third-order valence-electron chi connectivity index (χ3n) is 6.30. The second-order valence-electron chi connectivity index (χ2n) is 9.56. The van der Waals surface area contributed by atoms with Crippen LogP contribution in [0.15, 0.2) is 71.2 Å². The van der Waals surface area contributed by atoms with Crippen molar-refractivity contribution in [1.29, 1.82) is 0 Å². The highest BCUT2D eigenvalue weighted by molar-refractivity contribution is 6.09. The number of aliphatic carboxylic acids is 1. The molecule has 2 atom stereocenters. The zero-order chi connectivity index (χ0) is 30.4. The van der Waals surface area contributed by atoms with Gasteiger partial charge in [0.05, 0.1) is 5.71 Å². The average molecular weight is 564 g/mol. The molecule has 2 aromatic carbocycles. The lowest BCUT2D eigenvalue weighted by atomic mass is 10.0. The molecule has 0 unspecified atom stereocenters. The second kappa shape index (κ2) is 16.3. The van der Waals surface area contributed by atoms with E-state index in [2.05, 4.69) is 15.6 Å². The summed E-state index contributed by atoms with van der Waals surface area (Å²) in [7, 11) is 1.69. The van der Waals surface area contributed by atoms with E-state index in [9.17, 15) is 24.0 Å². The number of benzene rings is 2. The molecule has 0 saturated carbocycles. The van der Waals surface area contributed by atoms with Gasteiger partial charge in [-0.25, -0.2) is 0 Å². The SMILES string of the molecule is CN=C(/C=C(\C)CCC(=O)N[C@@H](CCC(=O)O)C(=O)N[C@@H](CCC(N)=O)C(N)=O)c1ccc(-c2ccccc2)cc1. The van der Waals surface area contributed by atoms with Gasteiger partial charge in [-0.2, -0.15) is 0 Å². The molecule has 0 aromatic heterocycles. The van der Waals surface area contributed by atoms with Crippen LogP contribution in [0.4, 0.5) is 0 Å². The standard InChI is InChI=1S/C30H37N5O6/c1-19(18-25(33-2)22-11-9-21(10-12-22)20-6-4-3-5-7-20)8-16-27(37)34-24(14-17-28(38)39)30(41)35-23(29(32)40)13-15-26(31)36/h3-7,9-12,18,23-24H,8,13-17H2,1-2H3,(H2,31,36)(H2,32,40)(H,34,37)(H,35,41)(H,38,39)/b19-18+,33-25?/t23-,24-/m0/s1. The number of nitrogens with one attached hydrogen (secondary N) is 2. The number of hydrogen-bond acceptors (Lipinski definition) is 6. The minimum absolute atomic E-state index is 0.0318. The van der Waals surface area contributed by atoms with Crippen molar-refractivity contribution >= 4 is 35.3 Å². The van der Waals surface area contributed by atoms with E-state index in [0.717, 1.165) is 28.0 Å². The van der Waals surface area contributed by atoms with Crippen molar-refractivity contribution in [3.63, 3.8) is 0 Å². The Morgan fingerprint density at radius 3 is 2.00 bits per heavy atom. The Bertz CT molecular complexity index is 1290. The van der Waals surface area contributed by atoms with E-state index in [0.29, 0.717) is 6.42 Å². The molecule has 11 nitrogen and oxygen atoms in total. The zero-order valence-corrected chi connectivity index (χ0v) is 23.3. The van der Waals surface area contributed by atoms with Gasteiger partial charge < -0.3 is 27.2 Å². The molecule has 7 N–H and O–H groups in total. The first-order valence-electron chi connectivity index (χ1n) is 13.2. The fraction of sp³-hybridized carbons (Fsp3) is 0.333. The van der Waals surface area contributed by atoms with Gasteiger partial charge in [0.1, 0.15) is 12.1 Å². The topological polar surface area (TPSA) is 194 Å². The predicted molar refractivity (Wildman–Crippen MR) is 156 cm³/mol. The highest BCUT2D eigenvalue weighted by Crippen LogP contribution is 2.20. The van der Waals surface area contributed by atoms with Gasteiger partial charge >= 0.3 is 5.97 Å². The monoisotopic (exact) mass is 563 g/mol. The number of amides is 4. The largest absolute Gasteiger partial charge is 0.481 e. The van der Waals surface area contributed by atoms with Crippen molar-refractivity contribution in [3.8, 4) is 11.1 Å². The minimum Gasteiger partial charge on any atom is -0.481 e. The summed E-state index contributed by atoms with van der Waals surface area (Å²) in [5, 5.41) is 14.0. The third-order valence-corrected chi connectivity index (χ3v) is 6.30. The number of primary amides is 2. The second-order valence-corrected chi connectivity index (χ2v) is 9.56. The van der Waals surface area contributed by atoms with Gasteiger partial charge in [-0.1, -0.05) is 60.2 Å². The highest BCUT2D eigenvalue weighted by Gasteiger charge is 2.26. The fourth-order valence-electron chi connectivity index (χ4n) is 4.00. The van der Waals surface area contributed by atoms with Crippen LogP contribution in [0.1, 0.15) is 51.0 Å². The van der Waals surface area contributed by atoms with Gasteiger partial charge in [0, 0.05) is 26.3 Å². The van der Waals surface area contributed by atoms with E-state index in [1.807, 2.05) is 67.6 Å². The molecular formula is C30H37N5O6. The van der Waals surface area contributed by atoms with Crippen LogP contribution in [0.5, 0.6) is 0 Å². The Kier molecular flexibility index (Phi) is 12.9. The molecular weight excluding hydrogens is 526 g/mol. The summed E-state index contributed by atoms with van der Waals surface area (Å²) in [5.74, 6) is -3.96. The van der Waals surface area contributed by atoms with E-state index < -0.39 is 41.7 Å². The molecule has 4 amide bonds. The average Bonchev–Trinajstić information content (AvgIpc) is 2.95. The maximum Gasteiger partial charge on any atom is 0.303 e. The number of rotatable bonds is 16. The van der Waals surface area contributed by atoms with Crippen LogP contribution in [0.2, 0.25) is 0 Å². The summed E-state index contributed by atoms with van der Waals surface area (Å²) < 4.78 is 0. The predicted octanol–water partition coefficient (Wildman–Crippen LogP) is 2.08. The Morgan fingerprint density at radius 1 is 0.829 bits per heavy atom. The molecule has 0 bridgehead atoms. The quantitative estimate of drug-likeness (QED) is 0.194. The molecule has 0 spiro atoms. The summed E-state index contributed by atoms with van der Waals surface area (Å²) >= 11 is 0. The molecule has 0 heterocycles. The van der Waals surface area contributed by atoms with Crippen LogP contribution in [0.25, 0.3) is 11.1 Å². The molecule has 218 valence electrons. The van der Waals surface area contributed by atoms with Gasteiger partial charge in [0.2, 0.25) is 23.6 Å². The van der Waals surface area contributed by atoms with Crippen LogP contribution in [-0.2, 0) is 24.0 Å². The maximum absolute atomic E-state index is 12.8. The molecule has 41 heavy (non-hydrogen) atoms. The summed E-state index contributed by atoms with van der Waals surface area (Å²) in [5.41, 5.74) is 15.1. The maximum atomic E-state index is 12.8. The normalized spacial score (nSPS) is 13.1. The molecule has 0 saturated heterocycles. The van der Waals surface area contributed by atoms with E-state index in [-0.39, 0.29) is 32.1 Å². The van der Waals surface area contributed by atoms with Crippen LogP contribution in [0, 0.1) is 0 Å². The summed E-state index contributed by atoms with van der Waals surface area (Å²) in [4.78, 5) is 63.7. The number of carboxylic acids is 1. The summed E-state index contributed by atoms with van der Waals surface area (Å²) in [6.45, 7) is 1.86. The van der Waals surface area contributed by atoms with Crippen LogP contribution < -0.4 is 22.1 Å². The van der Waals surface area contributed by atoms with Crippen molar-refractivity contribution in [1.82, 2.24) is 10.6 Å². The van der Waals surface area contributed by atoms with Gasteiger partial charge in [-0.05, 0) is 49.0 Å². The lowest BCUT2D eigenvalue weighted by Gasteiger charge is -2.21. The zero-order valence-electron chi connectivity index (χ0n) is 23.3. The van der Waals surface area contributed by atoms with Crippen LogP contribution in [0.3, 0.4) is 0 Å². The van der Waals surface area contributed by atoms with E-state index in [1.165, 1.54) is 0 Å². The third kappa shape index (κ3) is 11.5. The smallest absolute Gasteiger partial charge is 0.303 e. The number of hydrogen-bond donors (Lipinski definition) is 5. The first-order valence-corrected chi connectivity index (χ1v) is 13.2. The lowest BCUT2D eigenvalue weighted by Crippen LogP contribution is -2.53. The van der Waals surface area contributed by atoms with Crippen molar-refractivity contribution in [2.24, 2.45) is 16.5 Å². The Labute approximate surface area is 239 Å². The Balaban J connectivity index is 2.02. The van der Waals surface area contributed by atoms with E-state index in [1.54, 1.807) is 7.05 Å². The summed E-state index contributed by atoms with van der Waals surface area (Å²) in [6.07, 6.45) is 1.39. The molecule has 0 fully saturated rings. The minimum atomic E-state index is -1.21. The molecule has 2 rings (SSSR count). The first kappa shape index (κ1) is 32.4. The van der Waals surface area contributed by atoms with Crippen molar-refractivity contribution in [2.45, 2.75) is 57.5 Å². The Morgan fingerprint density at radius 2 is 1.44 bits per heavy atom. The molecule has 2 aromatic rings. The number of nitrogens with two attached hydrogens (primary N) is 2. The molecule has 11 heteroatoms. The Hall–Kier alpha value is -4.80. The number of allylic oxidation sites excluding steroid dienone is 2.